The van der Waals surface area contributed by atoms with Crippen LogP contribution in [-0.4, -0.2) is 50.3 Å². The third-order valence-electron chi connectivity index (χ3n) is 9.32. The summed E-state index contributed by atoms with van der Waals surface area (Å²) >= 11 is 0. The summed E-state index contributed by atoms with van der Waals surface area (Å²) in [4.78, 5) is 36.5. The molecule has 4 atom stereocenters. The first-order valence-electron chi connectivity index (χ1n) is 14.4. The predicted molar refractivity (Wildman–Crippen MR) is 152 cm³/mol. The molecule has 41 heavy (non-hydrogen) atoms. The molecule has 1 aromatic carbocycles. The van der Waals surface area contributed by atoms with Crippen LogP contribution >= 0.6 is 0 Å². The second-order valence-electron chi connectivity index (χ2n) is 12.1. The Morgan fingerprint density at radius 2 is 2.02 bits per heavy atom. The van der Waals surface area contributed by atoms with Gasteiger partial charge >= 0.3 is 0 Å². The van der Waals surface area contributed by atoms with E-state index in [4.69, 9.17) is 4.99 Å². The van der Waals surface area contributed by atoms with Gasteiger partial charge in [-0.3, -0.25) is 19.7 Å². The topological polar surface area (TPSA) is 120 Å². The predicted octanol–water partition coefficient (Wildman–Crippen LogP) is 5.14. The fourth-order valence-corrected chi connectivity index (χ4v) is 7.05. The summed E-state index contributed by atoms with van der Waals surface area (Å²) < 4.78 is 13.7. The first kappa shape index (κ1) is 26.0. The van der Waals surface area contributed by atoms with Gasteiger partial charge in [-0.15, -0.1) is 0 Å². The number of aromatic amines is 1. The molecule has 7 rings (SSSR count). The summed E-state index contributed by atoms with van der Waals surface area (Å²) in [6.45, 7) is 0.0361. The van der Waals surface area contributed by atoms with E-state index in [1.807, 2.05) is 30.4 Å². The normalized spacial score (nSPS) is 26.1. The molecule has 4 unspecified atom stereocenters. The molecule has 0 bridgehead atoms. The fraction of sp³-hybridized carbons (Fsp3) is 0.406. The van der Waals surface area contributed by atoms with Crippen LogP contribution in [0.1, 0.15) is 72.6 Å². The van der Waals surface area contributed by atoms with Crippen LogP contribution in [-0.2, 0) is 4.79 Å². The van der Waals surface area contributed by atoms with Gasteiger partial charge < -0.3 is 10.4 Å². The number of allylic oxidation sites excluding steroid dienone is 1. The Hall–Kier alpha value is -3.98. The first-order chi connectivity index (χ1) is 19.9. The van der Waals surface area contributed by atoms with Crippen LogP contribution in [0.4, 0.5) is 10.2 Å². The number of halogens is 1. The standard InChI is InChI=1S/C32H32FN5O3/c33-21-5-3-4-18(12-21)19-6-7-22(34-16-19)8-9-23-27-25(14-32(15-26(27)40)10-1-2-11-32)35-30-28(23)29(37-38-30)31(41)36-24-13-20(24)17-39/h3-9,12,16,20,23-24,27,39H,1-2,10-11,13-15,17H2,(H,36,41)(H,37,38)/b9-8+. The monoisotopic (exact) mass is 553 g/mol. The van der Waals surface area contributed by atoms with Crippen molar-refractivity contribution in [2.45, 2.75) is 56.9 Å². The van der Waals surface area contributed by atoms with Gasteiger partial charge in [-0.1, -0.05) is 37.1 Å². The van der Waals surface area contributed by atoms with Gasteiger partial charge in [0.15, 0.2) is 5.82 Å². The molecule has 3 N–H and O–H groups in total. The highest BCUT2D eigenvalue weighted by atomic mass is 19.1. The van der Waals surface area contributed by atoms with Crippen molar-refractivity contribution in [2.24, 2.45) is 22.2 Å². The maximum Gasteiger partial charge on any atom is 0.269 e. The number of hydrogen-bond donors (Lipinski definition) is 3. The lowest BCUT2D eigenvalue weighted by molar-refractivity contribution is -0.124. The summed E-state index contributed by atoms with van der Waals surface area (Å²) in [5, 5.41) is 19.7. The lowest BCUT2D eigenvalue weighted by atomic mass is 9.63. The molecule has 1 amide bonds. The van der Waals surface area contributed by atoms with E-state index in [1.165, 1.54) is 12.1 Å². The Morgan fingerprint density at radius 3 is 2.76 bits per heavy atom. The number of fused-ring (bicyclic) bond motifs is 2. The molecule has 4 aliphatic rings. The van der Waals surface area contributed by atoms with E-state index < -0.39 is 11.8 Å². The zero-order valence-corrected chi connectivity index (χ0v) is 22.6. The minimum absolute atomic E-state index is 0.00568. The van der Waals surface area contributed by atoms with Crippen molar-refractivity contribution in [3.8, 4) is 11.1 Å². The van der Waals surface area contributed by atoms with E-state index in [9.17, 15) is 19.1 Å². The zero-order chi connectivity index (χ0) is 28.1. The van der Waals surface area contributed by atoms with E-state index in [0.29, 0.717) is 29.2 Å². The number of ketones is 1. The van der Waals surface area contributed by atoms with Crippen molar-refractivity contribution in [1.29, 1.82) is 0 Å². The van der Waals surface area contributed by atoms with Crippen molar-refractivity contribution in [2.75, 3.05) is 6.61 Å². The molecule has 0 radical (unpaired) electrons. The van der Waals surface area contributed by atoms with Crippen LogP contribution in [0, 0.1) is 23.1 Å². The summed E-state index contributed by atoms with van der Waals surface area (Å²) in [6, 6.07) is 10.1. The maximum atomic E-state index is 13.8. The molecule has 3 aliphatic carbocycles. The molecule has 3 saturated carbocycles. The largest absolute Gasteiger partial charge is 0.396 e. The SMILES string of the molecule is O=C(NC1CC1CO)c1[nH]nc2c1C(/C=C/c1ccc(-c3cccc(F)c3)cn1)C1C(=O)CC3(CCCC3)CC1=N2. The lowest BCUT2D eigenvalue weighted by Gasteiger charge is -2.41. The molecule has 1 aliphatic heterocycles. The van der Waals surface area contributed by atoms with Crippen molar-refractivity contribution >= 4 is 29.3 Å². The lowest BCUT2D eigenvalue weighted by Crippen LogP contribution is -2.43. The molecule has 9 heteroatoms. The van der Waals surface area contributed by atoms with E-state index >= 15 is 0 Å². The molecule has 0 saturated heterocycles. The van der Waals surface area contributed by atoms with Crippen LogP contribution in [0.15, 0.2) is 53.7 Å². The molecule has 3 fully saturated rings. The number of H-pyrrole nitrogens is 1. The second-order valence-corrected chi connectivity index (χ2v) is 12.1. The number of carbonyl (C=O) groups excluding carboxylic acids is 2. The number of hydrogen-bond acceptors (Lipinski definition) is 6. The van der Waals surface area contributed by atoms with Crippen molar-refractivity contribution in [1.82, 2.24) is 20.5 Å². The van der Waals surface area contributed by atoms with Gasteiger partial charge in [-0.2, -0.15) is 5.10 Å². The van der Waals surface area contributed by atoms with Gasteiger partial charge in [-0.25, -0.2) is 9.38 Å². The molecular weight excluding hydrogens is 521 g/mol. The zero-order valence-electron chi connectivity index (χ0n) is 22.6. The molecule has 2 aromatic heterocycles. The molecule has 8 nitrogen and oxygen atoms in total. The average molecular weight is 554 g/mol. The Kier molecular flexibility index (Phi) is 6.42. The summed E-state index contributed by atoms with van der Waals surface area (Å²) in [5.74, 6) is -0.772. The van der Waals surface area contributed by atoms with Gasteiger partial charge in [0, 0.05) is 53.9 Å². The first-order valence-corrected chi connectivity index (χ1v) is 14.4. The number of aliphatic hydroxyl groups is 1. The minimum atomic E-state index is -0.452. The van der Waals surface area contributed by atoms with E-state index in [0.717, 1.165) is 55.4 Å². The number of aromatic nitrogens is 3. The van der Waals surface area contributed by atoms with Crippen LogP contribution < -0.4 is 5.32 Å². The number of carbonyl (C=O) groups is 2. The Labute approximate surface area is 237 Å². The Balaban J connectivity index is 1.22. The number of aliphatic hydroxyl groups excluding tert-OH is 1. The van der Waals surface area contributed by atoms with Gasteiger partial charge in [0.05, 0.1) is 11.6 Å². The number of benzene rings is 1. The average Bonchev–Trinajstić information content (AvgIpc) is 3.34. The number of rotatable bonds is 6. The highest BCUT2D eigenvalue weighted by molar-refractivity contribution is 6.12. The highest BCUT2D eigenvalue weighted by Gasteiger charge is 2.50. The Bertz CT molecular complexity index is 1570. The van der Waals surface area contributed by atoms with Crippen molar-refractivity contribution in [3.05, 3.63) is 71.4 Å². The van der Waals surface area contributed by atoms with Crippen LogP contribution in [0.5, 0.6) is 0 Å². The molecular formula is C32H32FN5O3. The molecule has 210 valence electrons. The van der Waals surface area contributed by atoms with E-state index in [2.05, 4.69) is 20.5 Å². The number of Topliss-reactive ketones (excluding diaryl/α,β-unsaturated/α-hetero) is 1. The number of nitrogens with zero attached hydrogens (tertiary/aromatic N) is 3. The second kappa shape index (κ2) is 10.1. The smallest absolute Gasteiger partial charge is 0.269 e. The quantitative estimate of drug-likeness (QED) is 0.390. The van der Waals surface area contributed by atoms with Crippen molar-refractivity contribution < 1.29 is 19.1 Å². The number of amides is 1. The Morgan fingerprint density at radius 1 is 1.17 bits per heavy atom. The van der Waals surface area contributed by atoms with E-state index in [-0.39, 0.29) is 41.5 Å². The summed E-state index contributed by atoms with van der Waals surface area (Å²) in [5.41, 5.74) is 4.02. The molecule has 3 heterocycles. The van der Waals surface area contributed by atoms with Gasteiger partial charge in [-0.05, 0) is 60.9 Å². The number of aliphatic imine (C=N–C) groups is 1. The van der Waals surface area contributed by atoms with Crippen LogP contribution in [0.2, 0.25) is 0 Å². The van der Waals surface area contributed by atoms with Crippen LogP contribution in [0.3, 0.4) is 0 Å². The number of pyridine rings is 1. The van der Waals surface area contributed by atoms with E-state index in [1.54, 1.807) is 12.3 Å². The molecule has 1 spiro atoms. The maximum absolute atomic E-state index is 13.8. The van der Waals surface area contributed by atoms with Gasteiger partial charge in [0.25, 0.3) is 5.91 Å². The molecule has 3 aromatic rings. The third kappa shape index (κ3) is 4.82. The van der Waals surface area contributed by atoms with Gasteiger partial charge in [0.2, 0.25) is 0 Å². The third-order valence-corrected chi connectivity index (χ3v) is 9.32. The summed E-state index contributed by atoms with van der Waals surface area (Å²) in [7, 11) is 0. The summed E-state index contributed by atoms with van der Waals surface area (Å²) in [6.07, 6.45) is 11.9. The highest BCUT2D eigenvalue weighted by Crippen LogP contribution is 2.53. The van der Waals surface area contributed by atoms with Crippen LogP contribution in [0.25, 0.3) is 17.2 Å². The van der Waals surface area contributed by atoms with Crippen molar-refractivity contribution in [3.63, 3.8) is 0 Å². The fourth-order valence-electron chi connectivity index (χ4n) is 7.05. The minimum Gasteiger partial charge on any atom is -0.396 e. The van der Waals surface area contributed by atoms with Gasteiger partial charge in [0.1, 0.15) is 17.3 Å². The number of nitrogens with one attached hydrogen (secondary N) is 2.